The second-order valence-corrected chi connectivity index (χ2v) is 4.56. The molecule has 2 N–H and O–H groups in total. The molecule has 2 unspecified atom stereocenters. The normalized spacial score (nSPS) is 20.9. The standard InChI is InChI=1S/C12H18N2O4/c1-8(6-15)5-13-12(16)10-11(18-7-14-10)9-3-2-4-17-9/h7-9,15H,2-6H2,1H3,(H,13,16). The molecule has 2 heterocycles. The van der Waals surface area contributed by atoms with Crippen molar-refractivity contribution in [1.82, 2.24) is 10.3 Å². The van der Waals surface area contributed by atoms with Gasteiger partial charge in [-0.1, -0.05) is 6.92 Å². The molecule has 0 bridgehead atoms. The first-order valence-electron chi connectivity index (χ1n) is 6.16. The van der Waals surface area contributed by atoms with E-state index in [1.165, 1.54) is 6.39 Å². The second-order valence-electron chi connectivity index (χ2n) is 4.56. The number of hydrogen-bond acceptors (Lipinski definition) is 5. The number of ether oxygens (including phenoxy) is 1. The van der Waals surface area contributed by atoms with Crippen LogP contribution in [0.1, 0.15) is 42.1 Å². The van der Waals surface area contributed by atoms with E-state index in [0.29, 0.717) is 18.9 Å². The number of aliphatic hydroxyl groups is 1. The molecule has 1 aliphatic rings. The molecule has 1 aromatic rings. The van der Waals surface area contributed by atoms with E-state index in [1.807, 2.05) is 6.92 Å². The van der Waals surface area contributed by atoms with E-state index >= 15 is 0 Å². The van der Waals surface area contributed by atoms with Gasteiger partial charge >= 0.3 is 0 Å². The number of hydrogen-bond donors (Lipinski definition) is 2. The van der Waals surface area contributed by atoms with E-state index < -0.39 is 0 Å². The van der Waals surface area contributed by atoms with Gasteiger partial charge in [-0.3, -0.25) is 4.79 Å². The molecule has 0 radical (unpaired) electrons. The van der Waals surface area contributed by atoms with Crippen molar-refractivity contribution in [3.8, 4) is 0 Å². The lowest BCUT2D eigenvalue weighted by atomic mass is 10.1. The largest absolute Gasteiger partial charge is 0.445 e. The summed E-state index contributed by atoms with van der Waals surface area (Å²) in [5.74, 6) is 0.239. The summed E-state index contributed by atoms with van der Waals surface area (Å²) in [6.07, 6.45) is 2.92. The molecule has 1 amide bonds. The third-order valence-electron chi connectivity index (χ3n) is 2.95. The van der Waals surface area contributed by atoms with E-state index in [0.717, 1.165) is 12.8 Å². The van der Waals surface area contributed by atoms with Crippen molar-refractivity contribution in [3.05, 3.63) is 17.8 Å². The smallest absolute Gasteiger partial charge is 0.273 e. The number of aliphatic hydroxyl groups excluding tert-OH is 1. The first-order chi connectivity index (χ1) is 8.72. The summed E-state index contributed by atoms with van der Waals surface area (Å²) in [7, 11) is 0. The minimum atomic E-state index is -0.283. The molecular formula is C12H18N2O4. The monoisotopic (exact) mass is 254 g/mol. The highest BCUT2D eigenvalue weighted by molar-refractivity contribution is 5.93. The SMILES string of the molecule is CC(CO)CNC(=O)c1ncoc1C1CCCO1. The Morgan fingerprint density at radius 3 is 3.22 bits per heavy atom. The zero-order valence-corrected chi connectivity index (χ0v) is 10.4. The Kier molecular flexibility index (Phi) is 4.33. The lowest BCUT2D eigenvalue weighted by Crippen LogP contribution is -2.30. The average molecular weight is 254 g/mol. The van der Waals surface area contributed by atoms with E-state index in [2.05, 4.69) is 10.3 Å². The van der Waals surface area contributed by atoms with Crippen molar-refractivity contribution in [2.24, 2.45) is 5.92 Å². The Hall–Kier alpha value is -1.40. The summed E-state index contributed by atoms with van der Waals surface area (Å²) < 4.78 is 10.7. The molecule has 1 aromatic heterocycles. The molecule has 18 heavy (non-hydrogen) atoms. The molecule has 100 valence electrons. The first kappa shape index (κ1) is 13.0. The van der Waals surface area contributed by atoms with Crippen LogP contribution < -0.4 is 5.32 Å². The molecule has 0 aromatic carbocycles. The van der Waals surface area contributed by atoms with Crippen LogP contribution in [0.3, 0.4) is 0 Å². The van der Waals surface area contributed by atoms with Gasteiger partial charge in [-0.25, -0.2) is 4.98 Å². The summed E-state index contributed by atoms with van der Waals surface area (Å²) in [6, 6.07) is 0. The van der Waals surface area contributed by atoms with Crippen molar-refractivity contribution in [2.75, 3.05) is 19.8 Å². The minimum absolute atomic E-state index is 0.0204. The molecule has 2 rings (SSSR count). The van der Waals surface area contributed by atoms with Gasteiger partial charge in [-0.2, -0.15) is 0 Å². The van der Waals surface area contributed by atoms with Crippen LogP contribution in [-0.4, -0.2) is 35.8 Å². The van der Waals surface area contributed by atoms with E-state index in [-0.39, 0.29) is 30.2 Å². The van der Waals surface area contributed by atoms with Gasteiger partial charge in [0, 0.05) is 19.8 Å². The predicted octanol–water partition coefficient (Wildman–Crippen LogP) is 0.884. The zero-order chi connectivity index (χ0) is 13.0. The van der Waals surface area contributed by atoms with E-state index in [9.17, 15) is 4.79 Å². The van der Waals surface area contributed by atoms with Gasteiger partial charge in [0.2, 0.25) is 0 Å². The van der Waals surface area contributed by atoms with Crippen molar-refractivity contribution in [2.45, 2.75) is 25.9 Å². The fourth-order valence-electron chi connectivity index (χ4n) is 1.85. The maximum absolute atomic E-state index is 11.9. The predicted molar refractivity (Wildman–Crippen MR) is 63.0 cm³/mol. The molecule has 6 heteroatoms. The molecule has 1 saturated heterocycles. The van der Waals surface area contributed by atoms with Crippen molar-refractivity contribution >= 4 is 5.91 Å². The van der Waals surface area contributed by atoms with Crippen LogP contribution in [0.2, 0.25) is 0 Å². The zero-order valence-electron chi connectivity index (χ0n) is 10.4. The highest BCUT2D eigenvalue weighted by Gasteiger charge is 2.27. The molecule has 2 atom stereocenters. The van der Waals surface area contributed by atoms with Crippen LogP contribution in [0, 0.1) is 5.92 Å². The summed E-state index contributed by atoms with van der Waals surface area (Å²) in [5, 5.41) is 11.6. The van der Waals surface area contributed by atoms with E-state index in [1.54, 1.807) is 0 Å². The Morgan fingerprint density at radius 1 is 1.72 bits per heavy atom. The number of nitrogens with zero attached hydrogens (tertiary/aromatic N) is 1. The van der Waals surface area contributed by atoms with Crippen LogP contribution in [0.5, 0.6) is 0 Å². The van der Waals surface area contributed by atoms with Crippen LogP contribution >= 0.6 is 0 Å². The topological polar surface area (TPSA) is 84.6 Å². The number of rotatable bonds is 5. The molecule has 0 saturated carbocycles. The van der Waals surface area contributed by atoms with Crippen LogP contribution in [0.4, 0.5) is 0 Å². The van der Waals surface area contributed by atoms with Gasteiger partial charge in [0.05, 0.1) is 0 Å². The number of carbonyl (C=O) groups is 1. The first-order valence-corrected chi connectivity index (χ1v) is 6.16. The minimum Gasteiger partial charge on any atom is -0.445 e. The van der Waals surface area contributed by atoms with Crippen LogP contribution in [0.25, 0.3) is 0 Å². The van der Waals surface area contributed by atoms with Crippen LogP contribution in [-0.2, 0) is 4.74 Å². The fraction of sp³-hybridized carbons (Fsp3) is 0.667. The Morgan fingerprint density at radius 2 is 2.56 bits per heavy atom. The maximum atomic E-state index is 11.9. The van der Waals surface area contributed by atoms with Crippen molar-refractivity contribution in [1.29, 1.82) is 0 Å². The van der Waals surface area contributed by atoms with Crippen molar-refractivity contribution in [3.63, 3.8) is 0 Å². The quantitative estimate of drug-likeness (QED) is 0.815. The van der Waals surface area contributed by atoms with Crippen LogP contribution in [0.15, 0.2) is 10.8 Å². The second kappa shape index (κ2) is 5.97. The summed E-state index contributed by atoms with van der Waals surface area (Å²) in [6.45, 7) is 2.99. The maximum Gasteiger partial charge on any atom is 0.273 e. The summed E-state index contributed by atoms with van der Waals surface area (Å²) in [5.41, 5.74) is 0.284. The van der Waals surface area contributed by atoms with Gasteiger partial charge in [0.1, 0.15) is 6.10 Å². The number of aromatic nitrogens is 1. The third-order valence-corrected chi connectivity index (χ3v) is 2.95. The number of amides is 1. The molecule has 1 fully saturated rings. The van der Waals surface area contributed by atoms with Gasteiger partial charge in [0.15, 0.2) is 17.8 Å². The van der Waals surface area contributed by atoms with Gasteiger partial charge in [-0.05, 0) is 18.8 Å². The van der Waals surface area contributed by atoms with E-state index in [4.69, 9.17) is 14.3 Å². The lowest BCUT2D eigenvalue weighted by molar-refractivity contribution is 0.0856. The molecular weight excluding hydrogens is 236 g/mol. The number of carbonyl (C=O) groups excluding carboxylic acids is 1. The molecule has 1 aliphatic heterocycles. The number of nitrogens with one attached hydrogen (secondary N) is 1. The average Bonchev–Trinajstić information content (AvgIpc) is 3.04. The fourth-order valence-corrected chi connectivity index (χ4v) is 1.85. The summed E-state index contributed by atoms with van der Waals surface area (Å²) in [4.78, 5) is 15.9. The Balaban J connectivity index is 1.99. The number of oxazole rings is 1. The Labute approximate surface area is 105 Å². The highest BCUT2D eigenvalue weighted by Crippen LogP contribution is 2.30. The highest BCUT2D eigenvalue weighted by atomic mass is 16.5. The van der Waals surface area contributed by atoms with Gasteiger partial charge < -0.3 is 19.6 Å². The lowest BCUT2D eigenvalue weighted by Gasteiger charge is -2.10. The summed E-state index contributed by atoms with van der Waals surface area (Å²) >= 11 is 0. The molecule has 0 spiro atoms. The molecule has 0 aliphatic carbocycles. The van der Waals surface area contributed by atoms with Gasteiger partial charge in [-0.15, -0.1) is 0 Å². The van der Waals surface area contributed by atoms with Gasteiger partial charge in [0.25, 0.3) is 5.91 Å². The Bertz CT molecular complexity index is 399. The third kappa shape index (κ3) is 2.88. The van der Waals surface area contributed by atoms with Crippen molar-refractivity contribution < 1.29 is 19.1 Å². The molecule has 6 nitrogen and oxygen atoms in total.